The maximum absolute atomic E-state index is 13.9. The van der Waals surface area contributed by atoms with Gasteiger partial charge >= 0.3 is 6.09 Å². The highest BCUT2D eigenvalue weighted by molar-refractivity contribution is 5.94. The van der Waals surface area contributed by atoms with Crippen LogP contribution in [0, 0.1) is 5.92 Å². The topological polar surface area (TPSA) is 164 Å². The molecule has 282 valence electrons. The van der Waals surface area contributed by atoms with Gasteiger partial charge in [0.15, 0.2) is 0 Å². The molecule has 0 saturated heterocycles. The second kappa shape index (κ2) is 18.4. The van der Waals surface area contributed by atoms with Crippen LogP contribution in [0.1, 0.15) is 83.3 Å². The molecule has 1 unspecified atom stereocenters. The van der Waals surface area contributed by atoms with Gasteiger partial charge in [0.25, 0.3) is 5.91 Å². The second-order valence-electron chi connectivity index (χ2n) is 14.0. The van der Waals surface area contributed by atoms with E-state index in [1.165, 1.54) is 31.4 Å². The lowest BCUT2D eigenvalue weighted by molar-refractivity contribution is 0.0710. The summed E-state index contributed by atoms with van der Waals surface area (Å²) >= 11 is 0. The van der Waals surface area contributed by atoms with Crippen molar-refractivity contribution in [1.82, 2.24) is 20.5 Å². The van der Waals surface area contributed by atoms with Gasteiger partial charge in [-0.2, -0.15) is 0 Å². The number of pyridine rings is 1. The number of fused-ring (bicyclic) bond motifs is 1. The lowest BCUT2D eigenvalue weighted by atomic mass is 9.88. The Morgan fingerprint density at radius 3 is 2.41 bits per heavy atom. The summed E-state index contributed by atoms with van der Waals surface area (Å²) in [5.41, 5.74) is 3.67. The number of benzene rings is 4. The number of rotatable bonds is 16. The number of aliphatic hydroxyl groups excluding tert-OH is 1. The van der Waals surface area contributed by atoms with Gasteiger partial charge in [0.2, 0.25) is 5.56 Å². The predicted octanol–water partition coefficient (Wildman–Crippen LogP) is 6.91. The molecule has 0 radical (unpaired) electrons. The first-order chi connectivity index (χ1) is 26.2. The van der Waals surface area contributed by atoms with Crippen LogP contribution in [-0.4, -0.2) is 63.4 Å². The Bertz CT molecular complexity index is 2060. The quantitative estimate of drug-likeness (QED) is 0.0597. The molecule has 1 saturated carbocycles. The van der Waals surface area contributed by atoms with Gasteiger partial charge in [-0.05, 0) is 90.4 Å². The van der Waals surface area contributed by atoms with Crippen molar-refractivity contribution in [3.05, 3.63) is 141 Å². The molecule has 11 nitrogen and oxygen atoms in total. The summed E-state index contributed by atoms with van der Waals surface area (Å²) in [5, 5.41) is 37.1. The number of nitrogens with zero attached hydrogens (tertiary/aromatic N) is 1. The molecule has 2 amide bonds. The summed E-state index contributed by atoms with van der Waals surface area (Å²) in [5.74, 6) is 1.02. The number of phenolic OH excluding ortho intramolecular Hbond substituents is 1. The van der Waals surface area contributed by atoms with Gasteiger partial charge < -0.3 is 40.6 Å². The lowest BCUT2D eigenvalue weighted by Gasteiger charge is -2.30. The Hall–Kier alpha value is -5.65. The monoisotopic (exact) mass is 732 g/mol. The summed E-state index contributed by atoms with van der Waals surface area (Å²) in [6.07, 6.45) is 4.59. The number of ether oxygens (including phenoxy) is 1. The molecule has 6 N–H and O–H groups in total. The number of hydrogen-bond acceptors (Lipinski definition) is 7. The fourth-order valence-electron chi connectivity index (χ4n) is 7.26. The van der Waals surface area contributed by atoms with Gasteiger partial charge in [-0.1, -0.05) is 79.9 Å². The van der Waals surface area contributed by atoms with Gasteiger partial charge in [0.1, 0.15) is 18.1 Å². The molecule has 0 aliphatic heterocycles. The van der Waals surface area contributed by atoms with E-state index in [9.17, 15) is 29.7 Å². The van der Waals surface area contributed by atoms with E-state index in [4.69, 9.17) is 4.74 Å². The molecule has 1 aliphatic rings. The maximum Gasteiger partial charge on any atom is 0.405 e. The average Bonchev–Trinajstić information content (AvgIpc) is 3.19. The smallest absolute Gasteiger partial charge is 0.405 e. The Morgan fingerprint density at radius 2 is 1.65 bits per heavy atom. The number of aromatic hydroxyl groups is 1. The Morgan fingerprint density at radius 1 is 0.889 bits per heavy atom. The molecule has 1 aliphatic carbocycles. The van der Waals surface area contributed by atoms with E-state index in [0.29, 0.717) is 59.8 Å². The van der Waals surface area contributed by atoms with Crippen LogP contribution >= 0.6 is 0 Å². The van der Waals surface area contributed by atoms with Crippen LogP contribution in [0.5, 0.6) is 11.5 Å². The number of phenols is 1. The molecule has 0 spiro atoms. The Labute approximate surface area is 314 Å². The van der Waals surface area contributed by atoms with E-state index in [2.05, 4.69) is 15.6 Å². The number of aromatic nitrogens is 1. The van der Waals surface area contributed by atoms with Crippen LogP contribution in [0.15, 0.2) is 108 Å². The SMILES string of the molecule is O=C(O)N[C@@H](c1ccccc1)c1cccc(OCc2ccc(C(=O)N(CCCNCC(O)c3ccc(O)c4[nH]c(=O)ccc34)CC3CCCCC3)cc2)c1. The van der Waals surface area contributed by atoms with Crippen molar-refractivity contribution in [2.75, 3.05) is 26.2 Å². The Balaban J connectivity index is 1.04. The molecule has 11 heteroatoms. The number of aliphatic hydroxyl groups is 1. The number of carbonyl (C=O) groups is 2. The molecule has 5 aromatic rings. The normalized spacial score (nSPS) is 14.3. The van der Waals surface area contributed by atoms with Gasteiger partial charge in [-0.3, -0.25) is 9.59 Å². The largest absolute Gasteiger partial charge is 0.506 e. The zero-order chi connectivity index (χ0) is 37.9. The van der Waals surface area contributed by atoms with E-state index in [-0.39, 0.29) is 30.4 Å². The highest BCUT2D eigenvalue weighted by Gasteiger charge is 2.22. The van der Waals surface area contributed by atoms with Crippen LogP contribution in [0.2, 0.25) is 0 Å². The van der Waals surface area contributed by atoms with E-state index >= 15 is 0 Å². The summed E-state index contributed by atoms with van der Waals surface area (Å²) < 4.78 is 6.10. The molecular formula is C43H48N4O7. The number of H-pyrrole nitrogens is 1. The molecule has 6 rings (SSSR count). The number of nitrogens with one attached hydrogen (secondary N) is 3. The zero-order valence-electron chi connectivity index (χ0n) is 30.2. The number of carboxylic acid groups (broad SMARTS) is 1. The fraction of sp³-hybridized carbons (Fsp3) is 0.326. The summed E-state index contributed by atoms with van der Waals surface area (Å²) in [6, 6.07) is 29.8. The molecule has 4 aromatic carbocycles. The number of aromatic amines is 1. The van der Waals surface area contributed by atoms with Gasteiger partial charge in [0.05, 0.1) is 17.7 Å². The average molecular weight is 733 g/mol. The number of hydrogen-bond donors (Lipinski definition) is 6. The van der Waals surface area contributed by atoms with Crippen LogP contribution in [-0.2, 0) is 6.61 Å². The summed E-state index contributed by atoms with van der Waals surface area (Å²) in [4.78, 5) is 41.8. The van der Waals surface area contributed by atoms with Gasteiger partial charge in [0, 0.05) is 36.7 Å². The summed E-state index contributed by atoms with van der Waals surface area (Å²) in [7, 11) is 0. The van der Waals surface area contributed by atoms with Crippen molar-refractivity contribution in [2.24, 2.45) is 5.92 Å². The summed E-state index contributed by atoms with van der Waals surface area (Å²) in [6.45, 7) is 2.43. The number of carbonyl (C=O) groups excluding carboxylic acids is 1. The molecular weight excluding hydrogens is 684 g/mol. The van der Waals surface area contributed by atoms with Crippen LogP contribution < -0.4 is 20.9 Å². The highest BCUT2D eigenvalue weighted by atomic mass is 16.5. The van der Waals surface area contributed by atoms with Crippen molar-refractivity contribution in [3.63, 3.8) is 0 Å². The van der Waals surface area contributed by atoms with E-state index in [0.717, 1.165) is 29.5 Å². The first kappa shape index (κ1) is 38.1. The molecule has 0 bridgehead atoms. The second-order valence-corrected chi connectivity index (χ2v) is 14.0. The third-order valence-electron chi connectivity index (χ3n) is 10.1. The maximum atomic E-state index is 13.9. The standard InChI is InChI=1S/C43H48N4O7/c48-37-21-19-35(36-20-22-39(50)45-41(36)37)38(49)26-44-23-8-24-47(27-29-9-3-1-4-10-29)42(51)32-17-15-30(16-18-32)28-54-34-14-7-13-33(25-34)40(46-43(52)53)31-11-5-2-6-12-31/h2,5-7,11-22,25,29,38,40,44,46,48-49H,1,3-4,8-10,23-24,26-28H2,(H,45,50)(H,52,53)/t38?,40-/m0/s1. The van der Waals surface area contributed by atoms with Crippen LogP contribution in [0.4, 0.5) is 4.79 Å². The molecule has 54 heavy (non-hydrogen) atoms. The van der Waals surface area contributed by atoms with E-state index in [1.54, 1.807) is 12.1 Å². The van der Waals surface area contributed by atoms with E-state index < -0.39 is 18.2 Å². The van der Waals surface area contributed by atoms with Gasteiger partial charge in [-0.15, -0.1) is 0 Å². The predicted molar refractivity (Wildman–Crippen MR) is 208 cm³/mol. The first-order valence-corrected chi connectivity index (χ1v) is 18.6. The molecule has 2 atom stereocenters. The van der Waals surface area contributed by atoms with Crippen LogP contribution in [0.3, 0.4) is 0 Å². The molecule has 1 fully saturated rings. The van der Waals surface area contributed by atoms with Gasteiger partial charge in [-0.25, -0.2) is 4.79 Å². The minimum atomic E-state index is -1.12. The van der Waals surface area contributed by atoms with Crippen molar-refractivity contribution in [3.8, 4) is 11.5 Å². The molecule has 1 heterocycles. The van der Waals surface area contributed by atoms with E-state index in [1.807, 2.05) is 83.8 Å². The lowest BCUT2D eigenvalue weighted by Crippen LogP contribution is -2.38. The number of amides is 2. The third-order valence-corrected chi connectivity index (χ3v) is 10.1. The third kappa shape index (κ3) is 10.1. The Kier molecular flexibility index (Phi) is 13.0. The van der Waals surface area contributed by atoms with Crippen molar-refractivity contribution < 1.29 is 29.6 Å². The van der Waals surface area contributed by atoms with Crippen LogP contribution in [0.25, 0.3) is 10.9 Å². The van der Waals surface area contributed by atoms with Crippen molar-refractivity contribution in [1.29, 1.82) is 0 Å². The minimum Gasteiger partial charge on any atom is -0.506 e. The molecule has 1 aromatic heterocycles. The highest BCUT2D eigenvalue weighted by Crippen LogP contribution is 2.29. The zero-order valence-corrected chi connectivity index (χ0v) is 30.2. The van der Waals surface area contributed by atoms with Crippen molar-refractivity contribution in [2.45, 2.75) is 57.3 Å². The first-order valence-electron chi connectivity index (χ1n) is 18.6. The van der Waals surface area contributed by atoms with Crippen molar-refractivity contribution >= 4 is 22.9 Å². The minimum absolute atomic E-state index is 0.0109. The fourth-order valence-corrected chi connectivity index (χ4v) is 7.26.